The molecular weight excluding hydrogens is 294 g/mol. The Balaban J connectivity index is 0. The summed E-state index contributed by atoms with van der Waals surface area (Å²) in [4.78, 5) is 8.25. The van der Waals surface area contributed by atoms with Crippen LogP contribution in [0.2, 0.25) is 0 Å². The quantitative estimate of drug-likeness (QED) is 0.457. The van der Waals surface area contributed by atoms with Crippen LogP contribution in [0.4, 0.5) is 0 Å². The molecule has 0 amide bonds. The van der Waals surface area contributed by atoms with Gasteiger partial charge in [0.15, 0.2) is 0 Å². The molecule has 0 N–H and O–H groups in total. The monoisotopic (exact) mass is 294 g/mol. The molecule has 0 atom stereocenters. The maximum absolute atomic E-state index is 8.25. The predicted octanol–water partition coefficient (Wildman–Crippen LogP) is -0.239. The molecule has 0 radical (unpaired) electrons. The van der Waals surface area contributed by atoms with E-state index in [9.17, 15) is 0 Å². The van der Waals surface area contributed by atoms with Gasteiger partial charge >= 0.3 is 39.9 Å². The minimum atomic E-state index is -1.75. The fourth-order valence-corrected chi connectivity index (χ4v) is 0. The molecule has 5 heteroatoms. The molecular formula is NO3Th+3. The van der Waals surface area contributed by atoms with E-state index in [1.165, 1.54) is 0 Å². The topological polar surface area (TPSA) is 66.2 Å². The predicted molar refractivity (Wildman–Crippen MR) is 10.4 cm³/mol. The van der Waals surface area contributed by atoms with E-state index >= 15 is 0 Å². The van der Waals surface area contributed by atoms with Crippen LogP contribution < -0.4 is 0 Å². The second kappa shape index (κ2) is 4.52. The molecule has 0 aromatic carbocycles. The summed E-state index contributed by atoms with van der Waals surface area (Å²) in [5, 5.41) is 14.8. The maximum Gasteiger partial charge on any atom is 4.00 e. The van der Waals surface area contributed by atoms with Crippen molar-refractivity contribution in [2.45, 2.75) is 0 Å². The molecule has 0 heterocycles. The summed E-state index contributed by atoms with van der Waals surface area (Å²) in [7, 11) is 0. The molecule has 5 heavy (non-hydrogen) atoms. The molecule has 0 unspecified atom stereocenters. The van der Waals surface area contributed by atoms with Gasteiger partial charge in [-0.1, -0.05) is 0 Å². The Morgan fingerprint density at radius 2 is 1.40 bits per heavy atom. The van der Waals surface area contributed by atoms with Crippen LogP contribution in [0.5, 0.6) is 0 Å². The third-order valence-corrected chi connectivity index (χ3v) is 0. The summed E-state index contributed by atoms with van der Waals surface area (Å²) in [6.45, 7) is 0. The second-order valence-electron chi connectivity index (χ2n) is 0.224. The van der Waals surface area contributed by atoms with Gasteiger partial charge in [0.2, 0.25) is 0 Å². The molecule has 0 bridgehead atoms. The summed E-state index contributed by atoms with van der Waals surface area (Å²) in [5.41, 5.74) is 0. The van der Waals surface area contributed by atoms with Crippen molar-refractivity contribution < 1.29 is 45.0 Å². The van der Waals surface area contributed by atoms with Crippen LogP contribution >= 0.6 is 0 Å². The Labute approximate surface area is 60.0 Å². The first-order valence-electron chi connectivity index (χ1n) is 0.548. The molecule has 0 aromatic rings. The molecule has 24 valence electrons. The van der Waals surface area contributed by atoms with E-state index in [4.69, 9.17) is 15.3 Å². The summed E-state index contributed by atoms with van der Waals surface area (Å²) in [6.07, 6.45) is 0. The average molecular weight is 294 g/mol. The number of hydrogen-bond acceptors (Lipinski definition) is 3. The summed E-state index contributed by atoms with van der Waals surface area (Å²) >= 11 is 0. The normalized spacial score (nSPS) is 4.80. The SMILES string of the molecule is O=[N+]([O-])[O-].[Th+4]. The van der Waals surface area contributed by atoms with E-state index in [-0.39, 0.29) is 39.9 Å². The second-order valence-corrected chi connectivity index (χ2v) is 0.224. The summed E-state index contributed by atoms with van der Waals surface area (Å²) < 4.78 is 0. The number of nitrogens with zero attached hydrogens (tertiary/aromatic N) is 1. The van der Waals surface area contributed by atoms with Gasteiger partial charge in [-0.2, -0.15) is 0 Å². The van der Waals surface area contributed by atoms with Gasteiger partial charge in [0.1, 0.15) is 0 Å². The first kappa shape index (κ1) is 9.10. The average Bonchev–Trinajstić information content (AvgIpc) is 0.811. The van der Waals surface area contributed by atoms with E-state index in [0.717, 1.165) is 0 Å². The molecule has 0 spiro atoms. The van der Waals surface area contributed by atoms with E-state index in [1.807, 2.05) is 0 Å². The Bertz CT molecular complexity index is 29.9. The molecule has 0 fully saturated rings. The van der Waals surface area contributed by atoms with Crippen molar-refractivity contribution in [3.05, 3.63) is 15.3 Å². The molecule has 4 nitrogen and oxygen atoms in total. The van der Waals surface area contributed by atoms with Gasteiger partial charge in [-0.25, -0.2) is 0 Å². The van der Waals surface area contributed by atoms with Gasteiger partial charge < -0.3 is 15.3 Å². The van der Waals surface area contributed by atoms with Crippen molar-refractivity contribution in [3.8, 4) is 0 Å². The van der Waals surface area contributed by atoms with Crippen molar-refractivity contribution in [1.82, 2.24) is 0 Å². The largest absolute Gasteiger partial charge is 4.00 e. The van der Waals surface area contributed by atoms with Gasteiger partial charge in [-0.15, -0.1) is 0 Å². The van der Waals surface area contributed by atoms with Gasteiger partial charge in [0.05, 0.1) is 5.09 Å². The number of rotatable bonds is 0. The van der Waals surface area contributed by atoms with Crippen molar-refractivity contribution in [3.63, 3.8) is 0 Å². The smallest absolute Gasteiger partial charge is 0.356 e. The van der Waals surface area contributed by atoms with E-state index in [2.05, 4.69) is 0 Å². The van der Waals surface area contributed by atoms with Crippen molar-refractivity contribution in [2.75, 3.05) is 0 Å². The van der Waals surface area contributed by atoms with Crippen LogP contribution in [0.15, 0.2) is 0 Å². The Morgan fingerprint density at radius 3 is 1.40 bits per heavy atom. The van der Waals surface area contributed by atoms with Gasteiger partial charge in [0.25, 0.3) is 0 Å². The molecule has 0 rings (SSSR count). The maximum atomic E-state index is 8.25. The van der Waals surface area contributed by atoms with Gasteiger partial charge in [-0.3, -0.25) is 0 Å². The van der Waals surface area contributed by atoms with Crippen molar-refractivity contribution in [2.24, 2.45) is 0 Å². The van der Waals surface area contributed by atoms with Crippen LogP contribution in [-0.2, 0) is 0 Å². The minimum absolute atomic E-state index is 0. The van der Waals surface area contributed by atoms with Crippen molar-refractivity contribution in [1.29, 1.82) is 0 Å². The zero-order valence-electron chi connectivity index (χ0n) is 2.17. The third-order valence-electron chi connectivity index (χ3n) is 0. The standard InChI is InChI=1S/NO3.Th/c2-1(3)4;/q-1;+4. The Morgan fingerprint density at radius 1 is 1.40 bits per heavy atom. The van der Waals surface area contributed by atoms with Gasteiger partial charge in [0, 0.05) is 0 Å². The Kier molecular flexibility index (Phi) is 8.24. The van der Waals surface area contributed by atoms with Gasteiger partial charge in [-0.05, 0) is 0 Å². The molecule has 0 aliphatic rings. The van der Waals surface area contributed by atoms with E-state index in [0.29, 0.717) is 0 Å². The first-order valence-corrected chi connectivity index (χ1v) is 0.548. The first-order chi connectivity index (χ1) is 1.73. The zero-order chi connectivity index (χ0) is 3.58. The van der Waals surface area contributed by atoms with E-state index in [1.54, 1.807) is 0 Å². The Hall–Kier alpha value is 0.525. The summed E-state index contributed by atoms with van der Waals surface area (Å²) in [5.74, 6) is 0. The van der Waals surface area contributed by atoms with Crippen LogP contribution in [-0.4, -0.2) is 5.09 Å². The van der Waals surface area contributed by atoms with E-state index < -0.39 is 5.09 Å². The zero-order valence-corrected chi connectivity index (χ0v) is 6.28. The van der Waals surface area contributed by atoms with Crippen LogP contribution in [0.1, 0.15) is 0 Å². The number of hydrogen-bond donors (Lipinski definition) is 0. The van der Waals surface area contributed by atoms with Crippen molar-refractivity contribution >= 4 is 0 Å². The summed E-state index contributed by atoms with van der Waals surface area (Å²) in [6, 6.07) is 0. The molecule has 0 aromatic heterocycles. The fourth-order valence-electron chi connectivity index (χ4n) is 0. The van der Waals surface area contributed by atoms with Crippen LogP contribution in [0, 0.1) is 55.3 Å². The molecule has 0 aliphatic heterocycles. The molecule has 0 saturated carbocycles. The van der Waals surface area contributed by atoms with Crippen LogP contribution in [0.3, 0.4) is 0 Å². The molecule has 0 saturated heterocycles. The minimum Gasteiger partial charge on any atom is -0.356 e. The van der Waals surface area contributed by atoms with Crippen LogP contribution in [0.25, 0.3) is 0 Å². The fraction of sp³-hybridized carbons (Fsp3) is 0. The third kappa shape index (κ3) is 105. The molecule has 0 aliphatic carbocycles.